The maximum absolute atomic E-state index is 5.50. The van der Waals surface area contributed by atoms with Gasteiger partial charge in [-0.1, -0.05) is 34.8 Å². The van der Waals surface area contributed by atoms with E-state index in [1.165, 1.54) is 35.7 Å². The molecular weight excluding hydrogens is 326 g/mol. The maximum Gasteiger partial charge on any atom is 0.120 e. The van der Waals surface area contributed by atoms with Crippen molar-refractivity contribution in [3.8, 4) is 5.75 Å². The molecule has 1 rings (SSSR count). The lowest BCUT2D eigenvalue weighted by Crippen LogP contribution is -2.36. The molecule has 0 bridgehead atoms. The lowest BCUT2D eigenvalue weighted by Gasteiger charge is -2.20. The Morgan fingerprint density at radius 2 is 1.81 bits per heavy atom. The summed E-state index contributed by atoms with van der Waals surface area (Å²) in [6, 6.07) is 6.32. The Morgan fingerprint density at radius 3 is 2.43 bits per heavy atom. The van der Waals surface area contributed by atoms with Gasteiger partial charge in [-0.15, -0.1) is 0 Å². The van der Waals surface area contributed by atoms with Gasteiger partial charge in [-0.05, 0) is 71.2 Å². The zero-order valence-electron chi connectivity index (χ0n) is 14.0. The number of hydrogen-bond donors (Lipinski definition) is 1. The molecule has 2 nitrogen and oxygen atoms in total. The largest absolute Gasteiger partial charge is 0.494 e. The van der Waals surface area contributed by atoms with Crippen LogP contribution < -0.4 is 10.1 Å². The number of rotatable bonds is 9. The maximum atomic E-state index is 5.50. The van der Waals surface area contributed by atoms with E-state index in [0.717, 1.165) is 18.7 Å². The molecule has 0 radical (unpaired) electrons. The van der Waals surface area contributed by atoms with Gasteiger partial charge in [-0.25, -0.2) is 0 Å². The van der Waals surface area contributed by atoms with E-state index >= 15 is 0 Å². The molecule has 0 heterocycles. The van der Waals surface area contributed by atoms with Gasteiger partial charge in [0.1, 0.15) is 5.75 Å². The van der Waals surface area contributed by atoms with Crippen LogP contribution >= 0.6 is 15.9 Å². The molecule has 0 saturated carbocycles. The summed E-state index contributed by atoms with van der Waals surface area (Å²) in [6.45, 7) is 10.5. The van der Waals surface area contributed by atoms with E-state index in [1.807, 2.05) is 6.92 Å². The number of nitrogens with one attached hydrogen (secondary N) is 1. The highest BCUT2D eigenvalue weighted by molar-refractivity contribution is 9.10. The first-order chi connectivity index (χ1) is 9.92. The van der Waals surface area contributed by atoms with Crippen molar-refractivity contribution in [2.45, 2.75) is 65.3 Å². The zero-order chi connectivity index (χ0) is 15.7. The third kappa shape index (κ3) is 8.47. The molecule has 0 atom stereocenters. The van der Waals surface area contributed by atoms with Gasteiger partial charge in [-0.3, -0.25) is 0 Å². The number of unbranched alkanes of at least 4 members (excludes halogenated alkanes) is 3. The normalized spacial score (nSPS) is 11.7. The molecule has 3 heteroatoms. The fourth-order valence-electron chi connectivity index (χ4n) is 2.24. The van der Waals surface area contributed by atoms with Crippen LogP contribution in [0, 0.1) is 0 Å². The molecule has 0 spiro atoms. The van der Waals surface area contributed by atoms with Gasteiger partial charge >= 0.3 is 0 Å². The van der Waals surface area contributed by atoms with Gasteiger partial charge in [0, 0.05) is 10.0 Å². The second-order valence-corrected chi connectivity index (χ2v) is 7.38. The summed E-state index contributed by atoms with van der Waals surface area (Å²) in [5.74, 6) is 0.946. The first-order valence-corrected chi connectivity index (χ1v) is 8.88. The van der Waals surface area contributed by atoms with Crippen molar-refractivity contribution < 1.29 is 4.74 Å². The van der Waals surface area contributed by atoms with Crippen LogP contribution in [0.3, 0.4) is 0 Å². The van der Waals surface area contributed by atoms with Crippen LogP contribution in [0.4, 0.5) is 0 Å². The summed E-state index contributed by atoms with van der Waals surface area (Å²) in [6.07, 6.45) is 6.26. The number of halogens is 1. The molecule has 0 fully saturated rings. The van der Waals surface area contributed by atoms with Crippen LogP contribution in [0.2, 0.25) is 0 Å². The Kier molecular flexibility index (Phi) is 8.35. The van der Waals surface area contributed by atoms with E-state index < -0.39 is 0 Å². The number of aryl methyl sites for hydroxylation is 1. The van der Waals surface area contributed by atoms with Gasteiger partial charge in [-0.2, -0.15) is 0 Å². The fourth-order valence-corrected chi connectivity index (χ4v) is 2.80. The standard InChI is InChI=1S/C18H30BrNO/c1-5-21-16-12-11-15(17(19)14-16)10-8-6-7-9-13-20-18(2,3)4/h11-12,14,20H,5-10,13H2,1-4H3. The van der Waals surface area contributed by atoms with Crippen molar-refractivity contribution in [1.82, 2.24) is 5.32 Å². The molecule has 1 aromatic rings. The summed E-state index contributed by atoms with van der Waals surface area (Å²) < 4.78 is 6.67. The van der Waals surface area contributed by atoms with Gasteiger partial charge in [0.15, 0.2) is 0 Å². The molecule has 1 N–H and O–H groups in total. The van der Waals surface area contributed by atoms with Gasteiger partial charge in [0.05, 0.1) is 6.61 Å². The first kappa shape index (κ1) is 18.5. The Labute approximate surface area is 138 Å². The van der Waals surface area contributed by atoms with Crippen LogP contribution in [-0.4, -0.2) is 18.7 Å². The SMILES string of the molecule is CCOc1ccc(CCCCCCNC(C)(C)C)c(Br)c1. The monoisotopic (exact) mass is 355 g/mol. The average molecular weight is 356 g/mol. The van der Waals surface area contributed by atoms with Crippen LogP contribution in [-0.2, 0) is 6.42 Å². The van der Waals surface area contributed by atoms with Crippen molar-refractivity contribution in [2.24, 2.45) is 0 Å². The van der Waals surface area contributed by atoms with Gasteiger partial charge in [0.25, 0.3) is 0 Å². The Hall–Kier alpha value is -0.540. The zero-order valence-corrected chi connectivity index (χ0v) is 15.6. The summed E-state index contributed by atoms with van der Waals surface area (Å²) in [5.41, 5.74) is 1.62. The van der Waals surface area contributed by atoms with Crippen molar-refractivity contribution in [3.63, 3.8) is 0 Å². The molecule has 0 saturated heterocycles. The molecule has 0 aliphatic heterocycles. The Bertz CT molecular complexity index is 412. The van der Waals surface area contributed by atoms with Crippen LogP contribution in [0.5, 0.6) is 5.75 Å². The van der Waals surface area contributed by atoms with Gasteiger partial charge < -0.3 is 10.1 Å². The average Bonchev–Trinajstić information content (AvgIpc) is 2.39. The second-order valence-electron chi connectivity index (χ2n) is 6.53. The van der Waals surface area contributed by atoms with E-state index in [2.05, 4.69) is 60.2 Å². The minimum Gasteiger partial charge on any atom is -0.494 e. The lowest BCUT2D eigenvalue weighted by molar-refractivity contribution is 0.340. The quantitative estimate of drug-likeness (QED) is 0.603. The first-order valence-electron chi connectivity index (χ1n) is 8.08. The number of ether oxygens (including phenoxy) is 1. The van der Waals surface area contributed by atoms with Crippen molar-refractivity contribution in [1.29, 1.82) is 0 Å². The van der Waals surface area contributed by atoms with Gasteiger partial charge in [0.2, 0.25) is 0 Å². The van der Waals surface area contributed by atoms with Crippen LogP contribution in [0.1, 0.15) is 58.9 Å². The Balaban J connectivity index is 2.18. The summed E-state index contributed by atoms with van der Waals surface area (Å²) >= 11 is 3.64. The molecule has 0 amide bonds. The molecule has 0 unspecified atom stereocenters. The minimum absolute atomic E-state index is 0.243. The molecule has 0 aliphatic carbocycles. The molecular formula is C18H30BrNO. The predicted octanol–water partition coefficient (Wildman–Crippen LogP) is 5.34. The number of hydrogen-bond acceptors (Lipinski definition) is 2. The molecule has 1 aromatic carbocycles. The van der Waals surface area contributed by atoms with E-state index in [4.69, 9.17) is 4.74 Å². The van der Waals surface area contributed by atoms with Crippen molar-refractivity contribution in [2.75, 3.05) is 13.2 Å². The molecule has 21 heavy (non-hydrogen) atoms. The highest BCUT2D eigenvalue weighted by atomic mass is 79.9. The van der Waals surface area contributed by atoms with Crippen molar-refractivity contribution in [3.05, 3.63) is 28.2 Å². The smallest absolute Gasteiger partial charge is 0.120 e. The van der Waals surface area contributed by atoms with E-state index in [0.29, 0.717) is 6.61 Å². The molecule has 0 aromatic heterocycles. The third-order valence-corrected chi connectivity index (χ3v) is 4.10. The molecule has 0 aliphatic rings. The van der Waals surface area contributed by atoms with E-state index in [1.54, 1.807) is 0 Å². The second kappa shape index (κ2) is 9.47. The highest BCUT2D eigenvalue weighted by Crippen LogP contribution is 2.24. The van der Waals surface area contributed by atoms with Crippen LogP contribution in [0.15, 0.2) is 22.7 Å². The lowest BCUT2D eigenvalue weighted by atomic mass is 10.1. The summed E-state index contributed by atoms with van der Waals surface area (Å²) in [4.78, 5) is 0. The van der Waals surface area contributed by atoms with Crippen molar-refractivity contribution >= 4 is 15.9 Å². The van der Waals surface area contributed by atoms with E-state index in [-0.39, 0.29) is 5.54 Å². The summed E-state index contributed by atoms with van der Waals surface area (Å²) in [7, 11) is 0. The molecule has 120 valence electrons. The number of benzene rings is 1. The minimum atomic E-state index is 0.243. The van der Waals surface area contributed by atoms with E-state index in [9.17, 15) is 0 Å². The third-order valence-electron chi connectivity index (χ3n) is 3.36. The predicted molar refractivity (Wildman–Crippen MR) is 95.2 cm³/mol. The highest BCUT2D eigenvalue weighted by Gasteiger charge is 2.07. The fraction of sp³-hybridized carbons (Fsp3) is 0.667. The topological polar surface area (TPSA) is 21.3 Å². The Morgan fingerprint density at radius 1 is 1.10 bits per heavy atom. The van der Waals surface area contributed by atoms with Crippen LogP contribution in [0.25, 0.3) is 0 Å². The summed E-state index contributed by atoms with van der Waals surface area (Å²) in [5, 5.41) is 3.54.